The molecule has 112 valence electrons. The first-order chi connectivity index (χ1) is 10.8. The van der Waals surface area contributed by atoms with E-state index in [0.29, 0.717) is 18.1 Å². The number of rotatable bonds is 6. The third-order valence-corrected chi connectivity index (χ3v) is 3.81. The van der Waals surface area contributed by atoms with E-state index < -0.39 is 0 Å². The summed E-state index contributed by atoms with van der Waals surface area (Å²) in [5, 5.41) is 11.4. The molecule has 0 aliphatic rings. The third kappa shape index (κ3) is 3.70. The van der Waals surface area contributed by atoms with E-state index in [2.05, 4.69) is 20.5 Å². The Morgan fingerprint density at radius 2 is 2.27 bits per heavy atom. The van der Waals surface area contributed by atoms with Gasteiger partial charge in [0, 0.05) is 10.4 Å². The highest BCUT2D eigenvalue weighted by Crippen LogP contribution is 2.20. The molecule has 3 aromatic rings. The van der Waals surface area contributed by atoms with Gasteiger partial charge in [0.1, 0.15) is 12.1 Å². The summed E-state index contributed by atoms with van der Waals surface area (Å²) in [5.74, 6) is 1.12. The molecule has 3 rings (SSSR count). The fourth-order valence-electron chi connectivity index (χ4n) is 1.88. The fraction of sp³-hybridized carbons (Fsp3) is 0.133. The molecule has 2 aromatic heterocycles. The first kappa shape index (κ1) is 14.3. The summed E-state index contributed by atoms with van der Waals surface area (Å²) in [6.45, 7) is 0.503. The zero-order valence-electron chi connectivity index (χ0n) is 11.7. The smallest absolute Gasteiger partial charge is 0.258 e. The summed E-state index contributed by atoms with van der Waals surface area (Å²) in [6.07, 6.45) is 1.45. The van der Waals surface area contributed by atoms with Gasteiger partial charge in [-0.2, -0.15) is 5.10 Å². The van der Waals surface area contributed by atoms with Crippen LogP contribution in [0.3, 0.4) is 0 Å². The van der Waals surface area contributed by atoms with Crippen LogP contribution in [-0.2, 0) is 11.3 Å². The standard InChI is InChI=1S/C15H14N4O2S/c20-14(16-8-13-5-2-6-22-13)9-21-12-4-1-3-11(7-12)15-17-10-18-19-15/h1-7,10H,8-9H2,(H,16,20)(H,17,18,19). The van der Waals surface area contributed by atoms with Crippen LogP contribution in [0.25, 0.3) is 11.4 Å². The quantitative estimate of drug-likeness (QED) is 0.731. The lowest BCUT2D eigenvalue weighted by Crippen LogP contribution is -2.28. The van der Waals surface area contributed by atoms with Gasteiger partial charge < -0.3 is 10.1 Å². The normalized spacial score (nSPS) is 10.4. The SMILES string of the molecule is O=C(COc1cccc(-c2ncn[nH]2)c1)NCc1cccs1. The van der Waals surface area contributed by atoms with E-state index in [0.717, 1.165) is 10.4 Å². The second-order valence-corrected chi connectivity index (χ2v) is 5.54. The third-order valence-electron chi connectivity index (χ3n) is 2.93. The Morgan fingerprint density at radius 3 is 3.05 bits per heavy atom. The molecule has 7 heteroatoms. The lowest BCUT2D eigenvalue weighted by Gasteiger charge is -2.07. The number of hydrogen-bond donors (Lipinski definition) is 2. The molecule has 0 unspecified atom stereocenters. The topological polar surface area (TPSA) is 79.9 Å². The van der Waals surface area contributed by atoms with Crippen LogP contribution in [0.1, 0.15) is 4.88 Å². The maximum atomic E-state index is 11.8. The number of nitrogens with zero attached hydrogens (tertiary/aromatic N) is 2. The zero-order valence-corrected chi connectivity index (χ0v) is 12.5. The van der Waals surface area contributed by atoms with Crippen LogP contribution in [0.4, 0.5) is 0 Å². The van der Waals surface area contributed by atoms with Crippen molar-refractivity contribution in [3.05, 3.63) is 53.0 Å². The summed E-state index contributed by atoms with van der Waals surface area (Å²) >= 11 is 1.61. The van der Waals surface area contributed by atoms with Crippen LogP contribution in [0.2, 0.25) is 0 Å². The van der Waals surface area contributed by atoms with Gasteiger partial charge in [-0.25, -0.2) is 4.98 Å². The Hall–Kier alpha value is -2.67. The molecule has 1 aromatic carbocycles. The molecular formula is C15H14N4O2S. The molecule has 0 atom stereocenters. The van der Waals surface area contributed by atoms with E-state index in [4.69, 9.17) is 4.74 Å². The summed E-state index contributed by atoms with van der Waals surface area (Å²) in [4.78, 5) is 17.0. The van der Waals surface area contributed by atoms with Crippen molar-refractivity contribution >= 4 is 17.2 Å². The van der Waals surface area contributed by atoms with Crippen molar-refractivity contribution in [2.75, 3.05) is 6.61 Å². The van der Waals surface area contributed by atoms with E-state index in [-0.39, 0.29) is 12.5 Å². The Morgan fingerprint density at radius 1 is 1.32 bits per heavy atom. The first-order valence-corrected chi connectivity index (χ1v) is 7.57. The molecule has 0 bridgehead atoms. The number of H-pyrrole nitrogens is 1. The highest BCUT2D eigenvalue weighted by molar-refractivity contribution is 7.09. The summed E-state index contributed by atoms with van der Waals surface area (Å²) < 4.78 is 5.51. The molecular weight excluding hydrogens is 300 g/mol. The Bertz CT molecular complexity index is 726. The predicted octanol–water partition coefficient (Wildman–Crippen LogP) is 2.23. The van der Waals surface area contributed by atoms with Gasteiger partial charge in [-0.15, -0.1) is 11.3 Å². The second-order valence-electron chi connectivity index (χ2n) is 4.51. The average molecular weight is 314 g/mol. The predicted molar refractivity (Wildman–Crippen MR) is 83.5 cm³/mol. The monoisotopic (exact) mass is 314 g/mol. The fourth-order valence-corrected chi connectivity index (χ4v) is 2.52. The van der Waals surface area contributed by atoms with E-state index in [1.807, 2.05) is 35.7 Å². The number of carbonyl (C=O) groups excluding carboxylic acids is 1. The number of ether oxygens (including phenoxy) is 1. The van der Waals surface area contributed by atoms with Gasteiger partial charge in [0.25, 0.3) is 5.91 Å². The number of carbonyl (C=O) groups is 1. The molecule has 0 saturated carbocycles. The molecule has 0 radical (unpaired) electrons. The van der Waals surface area contributed by atoms with Crippen molar-refractivity contribution in [1.29, 1.82) is 0 Å². The highest BCUT2D eigenvalue weighted by Gasteiger charge is 2.05. The summed E-state index contributed by atoms with van der Waals surface area (Å²) in [6, 6.07) is 11.3. The van der Waals surface area contributed by atoms with Crippen molar-refractivity contribution < 1.29 is 9.53 Å². The van der Waals surface area contributed by atoms with Crippen LogP contribution >= 0.6 is 11.3 Å². The second kappa shape index (κ2) is 6.86. The molecule has 0 fully saturated rings. The van der Waals surface area contributed by atoms with Gasteiger partial charge in [-0.05, 0) is 23.6 Å². The number of aromatic amines is 1. The number of hydrogen-bond acceptors (Lipinski definition) is 5. The number of thiophene rings is 1. The van der Waals surface area contributed by atoms with Crippen LogP contribution in [-0.4, -0.2) is 27.7 Å². The summed E-state index contributed by atoms with van der Waals surface area (Å²) in [7, 11) is 0. The minimum absolute atomic E-state index is 0.0226. The zero-order chi connectivity index (χ0) is 15.2. The summed E-state index contributed by atoms with van der Waals surface area (Å²) in [5.41, 5.74) is 0.856. The van der Waals surface area contributed by atoms with Gasteiger partial charge in [-0.1, -0.05) is 18.2 Å². The van der Waals surface area contributed by atoms with Crippen LogP contribution in [0.5, 0.6) is 5.75 Å². The maximum absolute atomic E-state index is 11.8. The number of nitrogens with one attached hydrogen (secondary N) is 2. The number of aromatic nitrogens is 3. The van der Waals surface area contributed by atoms with Crippen LogP contribution in [0, 0.1) is 0 Å². The van der Waals surface area contributed by atoms with Gasteiger partial charge in [-0.3, -0.25) is 9.89 Å². The molecule has 0 aliphatic carbocycles. The van der Waals surface area contributed by atoms with E-state index in [1.165, 1.54) is 6.33 Å². The molecule has 0 aliphatic heterocycles. The van der Waals surface area contributed by atoms with Crippen LogP contribution in [0.15, 0.2) is 48.1 Å². The van der Waals surface area contributed by atoms with E-state index >= 15 is 0 Å². The van der Waals surface area contributed by atoms with Crippen molar-refractivity contribution in [2.24, 2.45) is 0 Å². The Labute approximate surface area is 131 Å². The van der Waals surface area contributed by atoms with Gasteiger partial charge >= 0.3 is 0 Å². The molecule has 22 heavy (non-hydrogen) atoms. The van der Waals surface area contributed by atoms with E-state index in [9.17, 15) is 4.79 Å². The minimum Gasteiger partial charge on any atom is -0.484 e. The van der Waals surface area contributed by atoms with E-state index in [1.54, 1.807) is 17.4 Å². The molecule has 6 nitrogen and oxygen atoms in total. The lowest BCUT2D eigenvalue weighted by molar-refractivity contribution is -0.123. The van der Waals surface area contributed by atoms with Crippen molar-refractivity contribution in [3.8, 4) is 17.1 Å². The van der Waals surface area contributed by atoms with Crippen molar-refractivity contribution in [3.63, 3.8) is 0 Å². The highest BCUT2D eigenvalue weighted by atomic mass is 32.1. The van der Waals surface area contributed by atoms with Crippen molar-refractivity contribution in [2.45, 2.75) is 6.54 Å². The number of benzene rings is 1. The maximum Gasteiger partial charge on any atom is 0.258 e. The van der Waals surface area contributed by atoms with Gasteiger partial charge in [0.2, 0.25) is 0 Å². The molecule has 0 spiro atoms. The van der Waals surface area contributed by atoms with Gasteiger partial charge in [0.15, 0.2) is 12.4 Å². The largest absolute Gasteiger partial charge is 0.484 e. The Balaban J connectivity index is 1.53. The molecule has 1 amide bonds. The van der Waals surface area contributed by atoms with Crippen LogP contribution < -0.4 is 10.1 Å². The average Bonchev–Trinajstić information content (AvgIpc) is 3.24. The molecule has 2 heterocycles. The molecule has 2 N–H and O–H groups in total. The lowest BCUT2D eigenvalue weighted by atomic mass is 10.2. The van der Waals surface area contributed by atoms with Gasteiger partial charge in [0.05, 0.1) is 6.54 Å². The first-order valence-electron chi connectivity index (χ1n) is 6.69. The number of amides is 1. The van der Waals surface area contributed by atoms with Crippen molar-refractivity contribution in [1.82, 2.24) is 20.5 Å². The molecule has 0 saturated heterocycles. The Kier molecular flexibility index (Phi) is 4.45. The minimum atomic E-state index is -0.154.